The Hall–Kier alpha value is -0.430. The third kappa shape index (κ3) is 5.06. The van der Waals surface area contributed by atoms with Gasteiger partial charge in [-0.2, -0.15) is 0 Å². The Morgan fingerprint density at radius 3 is 2.95 bits per heavy atom. The molecule has 1 aromatic rings. The van der Waals surface area contributed by atoms with Gasteiger partial charge in [0.25, 0.3) is 0 Å². The van der Waals surface area contributed by atoms with Gasteiger partial charge in [0.1, 0.15) is 0 Å². The molecule has 1 saturated heterocycles. The highest BCUT2D eigenvalue weighted by atomic mass is 32.2. The van der Waals surface area contributed by atoms with E-state index >= 15 is 0 Å². The maximum atomic E-state index is 11.7. The van der Waals surface area contributed by atoms with Crippen molar-refractivity contribution < 1.29 is 8.42 Å². The van der Waals surface area contributed by atoms with Gasteiger partial charge in [-0.05, 0) is 49.6 Å². The van der Waals surface area contributed by atoms with Crippen LogP contribution in [-0.4, -0.2) is 38.6 Å². The summed E-state index contributed by atoms with van der Waals surface area (Å²) in [5.74, 6) is 0.449. The second-order valence-electron chi connectivity index (χ2n) is 5.89. The van der Waals surface area contributed by atoms with Crippen LogP contribution >= 0.6 is 11.3 Å². The summed E-state index contributed by atoms with van der Waals surface area (Å²) in [4.78, 5) is 1.36. The van der Waals surface area contributed by atoms with Gasteiger partial charge in [0.05, 0.1) is 6.26 Å². The van der Waals surface area contributed by atoms with Gasteiger partial charge in [0.15, 0.2) is 0 Å². The molecular formula is C15H26N2O2S2. The van der Waals surface area contributed by atoms with Crippen LogP contribution in [-0.2, 0) is 10.0 Å². The number of nitrogens with zero attached hydrogens (tertiary/aromatic N) is 1. The molecule has 2 atom stereocenters. The van der Waals surface area contributed by atoms with Crippen LogP contribution in [0.1, 0.15) is 43.5 Å². The van der Waals surface area contributed by atoms with Crippen molar-refractivity contribution in [2.45, 2.75) is 38.6 Å². The first-order valence-corrected chi connectivity index (χ1v) is 10.5. The fourth-order valence-corrected chi connectivity index (χ4v) is 4.72. The Morgan fingerprint density at radius 2 is 2.33 bits per heavy atom. The number of sulfonamides is 1. The van der Waals surface area contributed by atoms with Gasteiger partial charge >= 0.3 is 0 Å². The smallest absolute Gasteiger partial charge is 0.211 e. The van der Waals surface area contributed by atoms with Gasteiger partial charge in [0.2, 0.25) is 10.0 Å². The van der Waals surface area contributed by atoms with E-state index in [1.54, 1.807) is 15.6 Å². The molecule has 0 amide bonds. The fraction of sp³-hybridized carbons (Fsp3) is 0.733. The van der Waals surface area contributed by atoms with Gasteiger partial charge in [-0.1, -0.05) is 13.0 Å². The Balaban J connectivity index is 1.99. The van der Waals surface area contributed by atoms with E-state index in [1.165, 1.54) is 11.1 Å². The van der Waals surface area contributed by atoms with Crippen LogP contribution in [0.5, 0.6) is 0 Å². The van der Waals surface area contributed by atoms with Gasteiger partial charge < -0.3 is 5.32 Å². The Kier molecular flexibility index (Phi) is 6.22. The molecule has 4 nitrogen and oxygen atoms in total. The molecule has 0 saturated carbocycles. The summed E-state index contributed by atoms with van der Waals surface area (Å²) in [5.41, 5.74) is 0. The SMILES string of the molecule is CCCNC(CC1CCCN(S(C)(=O)=O)C1)c1cccs1. The molecule has 21 heavy (non-hydrogen) atoms. The highest BCUT2D eigenvalue weighted by Crippen LogP contribution is 2.30. The molecule has 2 unspecified atom stereocenters. The quantitative estimate of drug-likeness (QED) is 0.836. The predicted octanol–water partition coefficient (Wildman–Crippen LogP) is 2.85. The van der Waals surface area contributed by atoms with Crippen molar-refractivity contribution in [3.05, 3.63) is 22.4 Å². The molecule has 0 radical (unpaired) electrons. The summed E-state index contributed by atoms with van der Waals surface area (Å²) in [5, 5.41) is 5.73. The number of rotatable bonds is 7. The average Bonchev–Trinajstić information content (AvgIpc) is 2.97. The van der Waals surface area contributed by atoms with Crippen molar-refractivity contribution in [1.82, 2.24) is 9.62 Å². The summed E-state index contributed by atoms with van der Waals surface area (Å²) in [6, 6.07) is 4.62. The molecule has 1 aliphatic rings. The van der Waals surface area contributed by atoms with Crippen LogP contribution in [0.25, 0.3) is 0 Å². The highest BCUT2D eigenvalue weighted by molar-refractivity contribution is 7.88. The lowest BCUT2D eigenvalue weighted by atomic mass is 9.92. The second-order valence-corrected chi connectivity index (χ2v) is 8.85. The van der Waals surface area contributed by atoms with E-state index in [0.29, 0.717) is 25.0 Å². The fourth-order valence-electron chi connectivity index (χ4n) is 2.96. The molecule has 2 rings (SSSR count). The number of thiophene rings is 1. The normalized spacial score (nSPS) is 22.3. The summed E-state index contributed by atoms with van der Waals surface area (Å²) in [7, 11) is -3.05. The maximum Gasteiger partial charge on any atom is 0.211 e. The molecule has 1 fully saturated rings. The van der Waals surface area contributed by atoms with Gasteiger partial charge in [-0.15, -0.1) is 11.3 Å². The van der Waals surface area contributed by atoms with Crippen LogP contribution < -0.4 is 5.32 Å². The molecular weight excluding hydrogens is 304 g/mol. The van der Waals surface area contributed by atoms with Crippen LogP contribution in [0, 0.1) is 5.92 Å². The monoisotopic (exact) mass is 330 g/mol. The Bertz CT molecular complexity index is 514. The average molecular weight is 331 g/mol. The molecule has 0 bridgehead atoms. The van der Waals surface area contributed by atoms with Crippen molar-refractivity contribution in [3.63, 3.8) is 0 Å². The molecule has 0 spiro atoms. The minimum absolute atomic E-state index is 0.356. The van der Waals surface area contributed by atoms with Crippen LogP contribution in [0.4, 0.5) is 0 Å². The Morgan fingerprint density at radius 1 is 1.52 bits per heavy atom. The Labute approximate surface area is 132 Å². The van der Waals surface area contributed by atoms with Gasteiger partial charge in [0, 0.05) is 24.0 Å². The topological polar surface area (TPSA) is 49.4 Å². The summed E-state index contributed by atoms with van der Waals surface area (Å²) >= 11 is 1.78. The van der Waals surface area contributed by atoms with Gasteiger partial charge in [-0.3, -0.25) is 0 Å². The van der Waals surface area contributed by atoms with Crippen molar-refractivity contribution in [3.8, 4) is 0 Å². The first kappa shape index (κ1) is 16.9. The van der Waals surface area contributed by atoms with E-state index in [-0.39, 0.29) is 0 Å². The van der Waals surface area contributed by atoms with E-state index in [2.05, 4.69) is 29.8 Å². The van der Waals surface area contributed by atoms with Crippen LogP contribution in [0.3, 0.4) is 0 Å². The van der Waals surface area contributed by atoms with Crippen molar-refractivity contribution in [2.24, 2.45) is 5.92 Å². The van der Waals surface area contributed by atoms with Crippen molar-refractivity contribution in [1.29, 1.82) is 0 Å². The predicted molar refractivity (Wildman–Crippen MR) is 89.1 cm³/mol. The van der Waals surface area contributed by atoms with E-state index in [4.69, 9.17) is 0 Å². The lowest BCUT2D eigenvalue weighted by Gasteiger charge is -2.33. The number of hydrogen-bond donors (Lipinski definition) is 1. The minimum Gasteiger partial charge on any atom is -0.309 e. The molecule has 120 valence electrons. The largest absolute Gasteiger partial charge is 0.309 e. The van der Waals surface area contributed by atoms with Gasteiger partial charge in [-0.25, -0.2) is 12.7 Å². The first-order chi connectivity index (χ1) is 10.0. The van der Waals surface area contributed by atoms with E-state index in [0.717, 1.165) is 32.2 Å². The molecule has 1 N–H and O–H groups in total. The summed E-state index contributed by atoms with van der Waals surface area (Å²) in [6.07, 6.45) is 5.56. The first-order valence-electron chi connectivity index (χ1n) is 7.72. The molecule has 6 heteroatoms. The zero-order valence-corrected chi connectivity index (χ0v) is 14.5. The number of nitrogens with one attached hydrogen (secondary N) is 1. The molecule has 2 heterocycles. The lowest BCUT2D eigenvalue weighted by Crippen LogP contribution is -2.40. The zero-order valence-electron chi connectivity index (χ0n) is 12.9. The molecule has 1 aromatic heterocycles. The van der Waals surface area contributed by atoms with Crippen molar-refractivity contribution >= 4 is 21.4 Å². The second kappa shape index (κ2) is 7.72. The maximum absolute atomic E-state index is 11.7. The molecule has 0 aromatic carbocycles. The number of hydrogen-bond acceptors (Lipinski definition) is 4. The summed E-state index contributed by atoms with van der Waals surface area (Å²) < 4.78 is 25.1. The third-order valence-corrected chi connectivity index (χ3v) is 6.30. The zero-order chi connectivity index (χ0) is 15.3. The third-order valence-electron chi connectivity index (χ3n) is 4.05. The standard InChI is InChI=1S/C15H26N2O2S2/c1-3-8-16-14(15-7-5-10-20-15)11-13-6-4-9-17(12-13)21(2,18)19/h5,7,10,13-14,16H,3-4,6,8-9,11-12H2,1-2H3. The van der Waals surface area contributed by atoms with E-state index < -0.39 is 10.0 Å². The highest BCUT2D eigenvalue weighted by Gasteiger charge is 2.28. The van der Waals surface area contributed by atoms with Crippen molar-refractivity contribution in [2.75, 3.05) is 25.9 Å². The molecule has 0 aliphatic carbocycles. The van der Waals surface area contributed by atoms with E-state index in [9.17, 15) is 8.42 Å². The van der Waals surface area contributed by atoms with Crippen LogP contribution in [0.15, 0.2) is 17.5 Å². The van der Waals surface area contributed by atoms with E-state index in [1.807, 2.05) is 0 Å². The molecule has 1 aliphatic heterocycles. The number of piperidine rings is 1. The lowest BCUT2D eigenvalue weighted by molar-refractivity contribution is 0.239. The summed E-state index contributed by atoms with van der Waals surface area (Å²) in [6.45, 7) is 4.53. The van der Waals surface area contributed by atoms with Crippen LogP contribution in [0.2, 0.25) is 0 Å². The minimum atomic E-state index is -3.05.